The number of morpholine rings is 1. The fourth-order valence-corrected chi connectivity index (χ4v) is 3.71. The van der Waals surface area contributed by atoms with Gasteiger partial charge in [0.25, 0.3) is 0 Å². The van der Waals surface area contributed by atoms with E-state index in [0.717, 1.165) is 38.4 Å². The highest BCUT2D eigenvalue weighted by molar-refractivity contribution is 6.17. The topological polar surface area (TPSA) is 38.8 Å². The highest BCUT2D eigenvalue weighted by Crippen LogP contribution is 2.43. The fourth-order valence-electron chi connectivity index (χ4n) is 3.40. The van der Waals surface area contributed by atoms with Gasteiger partial charge in [-0.15, -0.1) is 24.0 Å². The first kappa shape index (κ1) is 18.5. The molecule has 1 aromatic rings. The summed E-state index contributed by atoms with van der Waals surface area (Å²) in [6.45, 7) is 4.01. The number of carbonyl (C=O) groups is 1. The average Bonchev–Trinajstić information content (AvgIpc) is 2.86. The maximum absolute atomic E-state index is 12.4. The highest BCUT2D eigenvalue weighted by atomic mass is 35.5. The molecule has 2 aliphatic heterocycles. The van der Waals surface area contributed by atoms with Gasteiger partial charge in [0.2, 0.25) is 0 Å². The Kier molecular flexibility index (Phi) is 6.72. The van der Waals surface area contributed by atoms with Crippen LogP contribution in [0, 0.1) is 5.92 Å². The van der Waals surface area contributed by atoms with Crippen molar-refractivity contribution in [2.24, 2.45) is 5.92 Å². The molecule has 0 radical (unpaired) electrons. The molecule has 128 valence electrons. The number of alkyl halides is 1. The van der Waals surface area contributed by atoms with Crippen molar-refractivity contribution in [3.63, 3.8) is 0 Å². The van der Waals surface area contributed by atoms with E-state index in [9.17, 15) is 4.79 Å². The molecule has 6 heteroatoms. The average molecular weight is 360 g/mol. The van der Waals surface area contributed by atoms with E-state index < -0.39 is 5.60 Å². The minimum Gasteiger partial charge on any atom is -0.454 e. The lowest BCUT2D eigenvalue weighted by molar-refractivity contribution is -0.152. The van der Waals surface area contributed by atoms with E-state index in [1.807, 2.05) is 30.3 Å². The molecule has 3 rings (SSSR count). The zero-order valence-electron chi connectivity index (χ0n) is 13.1. The number of ether oxygens (including phenoxy) is 2. The maximum atomic E-state index is 12.4. The van der Waals surface area contributed by atoms with Crippen molar-refractivity contribution in [2.45, 2.75) is 18.4 Å². The van der Waals surface area contributed by atoms with E-state index in [0.29, 0.717) is 18.7 Å². The summed E-state index contributed by atoms with van der Waals surface area (Å²) in [5.74, 6) is 0.300. The van der Waals surface area contributed by atoms with Gasteiger partial charge in [-0.1, -0.05) is 30.3 Å². The number of hydrogen-bond donors (Lipinski definition) is 0. The van der Waals surface area contributed by atoms with Gasteiger partial charge in [-0.2, -0.15) is 0 Å². The SMILES string of the molecule is Cl.O=C1OC(CCCl)(c2ccccc2)CC1CN1CCOCC1. The summed E-state index contributed by atoms with van der Waals surface area (Å²) in [6.07, 6.45) is 1.36. The zero-order chi connectivity index (χ0) is 15.4. The molecule has 1 aromatic carbocycles. The standard InChI is InChI=1S/C17H22ClNO3.ClH/c18-7-6-17(15-4-2-1-3-5-15)12-14(16(20)22-17)13-19-8-10-21-11-9-19;/h1-5,14H,6-13H2;1H. The Balaban J connectivity index is 0.00000192. The van der Waals surface area contributed by atoms with E-state index in [4.69, 9.17) is 21.1 Å². The van der Waals surface area contributed by atoms with Crippen molar-refractivity contribution in [1.29, 1.82) is 0 Å². The van der Waals surface area contributed by atoms with Crippen molar-refractivity contribution < 1.29 is 14.3 Å². The minimum absolute atomic E-state index is 0. The quantitative estimate of drug-likeness (QED) is 0.598. The largest absolute Gasteiger partial charge is 0.454 e. The number of rotatable bonds is 5. The van der Waals surface area contributed by atoms with E-state index in [1.165, 1.54) is 0 Å². The lowest BCUT2D eigenvalue weighted by Gasteiger charge is -2.29. The molecule has 0 amide bonds. The van der Waals surface area contributed by atoms with E-state index in [-0.39, 0.29) is 24.3 Å². The Hall–Kier alpha value is -0.810. The van der Waals surface area contributed by atoms with Gasteiger partial charge >= 0.3 is 5.97 Å². The van der Waals surface area contributed by atoms with Crippen LogP contribution in [0.4, 0.5) is 0 Å². The lowest BCUT2D eigenvalue weighted by Crippen LogP contribution is -2.40. The smallest absolute Gasteiger partial charge is 0.311 e. The second kappa shape index (κ2) is 8.34. The fraction of sp³-hybridized carbons (Fsp3) is 0.588. The molecule has 0 aromatic heterocycles. The summed E-state index contributed by atoms with van der Waals surface area (Å²) in [5.41, 5.74) is 0.491. The third-order valence-electron chi connectivity index (χ3n) is 4.59. The van der Waals surface area contributed by atoms with Crippen LogP contribution in [0.15, 0.2) is 30.3 Å². The maximum Gasteiger partial charge on any atom is 0.311 e. The number of hydrogen-bond acceptors (Lipinski definition) is 4. The van der Waals surface area contributed by atoms with E-state index >= 15 is 0 Å². The molecule has 4 nitrogen and oxygen atoms in total. The van der Waals surface area contributed by atoms with Gasteiger partial charge in [-0.05, 0) is 5.56 Å². The van der Waals surface area contributed by atoms with Crippen LogP contribution in [-0.2, 0) is 19.9 Å². The minimum atomic E-state index is -0.558. The molecule has 2 unspecified atom stereocenters. The first-order chi connectivity index (χ1) is 10.7. The van der Waals surface area contributed by atoms with Gasteiger partial charge in [0.1, 0.15) is 5.60 Å². The van der Waals surface area contributed by atoms with Crippen molar-refractivity contribution >= 4 is 30.0 Å². The predicted octanol–water partition coefficient (Wildman–Crippen LogP) is 2.83. The second-order valence-electron chi connectivity index (χ2n) is 6.03. The predicted molar refractivity (Wildman–Crippen MR) is 92.2 cm³/mol. The third kappa shape index (κ3) is 4.18. The molecule has 0 bridgehead atoms. The van der Waals surface area contributed by atoms with Gasteiger partial charge in [-0.25, -0.2) is 0 Å². The molecule has 2 atom stereocenters. The molecule has 0 N–H and O–H groups in total. The van der Waals surface area contributed by atoms with Crippen LogP contribution >= 0.6 is 24.0 Å². The van der Waals surface area contributed by atoms with Gasteiger partial charge in [0.05, 0.1) is 19.1 Å². The molecule has 2 heterocycles. The Morgan fingerprint density at radius 2 is 1.91 bits per heavy atom. The first-order valence-corrected chi connectivity index (χ1v) is 8.41. The van der Waals surface area contributed by atoms with Crippen molar-refractivity contribution in [1.82, 2.24) is 4.90 Å². The zero-order valence-corrected chi connectivity index (χ0v) is 14.7. The van der Waals surface area contributed by atoms with Crippen LogP contribution < -0.4 is 0 Å². The first-order valence-electron chi connectivity index (χ1n) is 7.88. The van der Waals surface area contributed by atoms with Crippen LogP contribution in [0.1, 0.15) is 18.4 Å². The number of benzene rings is 1. The molecule has 0 aliphatic carbocycles. The number of halogens is 2. The van der Waals surface area contributed by atoms with Gasteiger partial charge in [-0.3, -0.25) is 9.69 Å². The lowest BCUT2D eigenvalue weighted by atomic mass is 9.85. The van der Waals surface area contributed by atoms with E-state index in [1.54, 1.807) is 0 Å². The molecular formula is C17H23Cl2NO3. The Morgan fingerprint density at radius 1 is 1.22 bits per heavy atom. The van der Waals surface area contributed by atoms with Gasteiger partial charge < -0.3 is 9.47 Å². The molecule has 0 spiro atoms. The summed E-state index contributed by atoms with van der Waals surface area (Å²) >= 11 is 5.99. The number of nitrogens with zero attached hydrogens (tertiary/aromatic N) is 1. The normalized spacial score (nSPS) is 28.2. The highest BCUT2D eigenvalue weighted by Gasteiger charge is 2.47. The van der Waals surface area contributed by atoms with Crippen LogP contribution in [0.2, 0.25) is 0 Å². The number of cyclic esters (lactones) is 1. The molecule has 2 saturated heterocycles. The summed E-state index contributed by atoms with van der Waals surface area (Å²) in [7, 11) is 0. The number of esters is 1. The van der Waals surface area contributed by atoms with Gasteiger partial charge in [0.15, 0.2) is 0 Å². The van der Waals surface area contributed by atoms with Crippen LogP contribution in [-0.4, -0.2) is 49.6 Å². The molecule has 2 aliphatic rings. The Morgan fingerprint density at radius 3 is 2.57 bits per heavy atom. The van der Waals surface area contributed by atoms with Gasteiger partial charge in [0, 0.05) is 38.4 Å². The van der Waals surface area contributed by atoms with Crippen molar-refractivity contribution in [2.75, 3.05) is 38.7 Å². The number of carbonyl (C=O) groups excluding carboxylic acids is 1. The molecule has 0 saturated carbocycles. The van der Waals surface area contributed by atoms with Crippen molar-refractivity contribution in [3.8, 4) is 0 Å². The monoisotopic (exact) mass is 359 g/mol. The van der Waals surface area contributed by atoms with Crippen molar-refractivity contribution in [3.05, 3.63) is 35.9 Å². The van der Waals surface area contributed by atoms with E-state index in [2.05, 4.69) is 4.90 Å². The second-order valence-corrected chi connectivity index (χ2v) is 6.41. The summed E-state index contributed by atoms with van der Waals surface area (Å²) in [6, 6.07) is 9.98. The van der Waals surface area contributed by atoms with Crippen LogP contribution in [0.5, 0.6) is 0 Å². The van der Waals surface area contributed by atoms with Crippen LogP contribution in [0.25, 0.3) is 0 Å². The summed E-state index contributed by atoms with van der Waals surface area (Å²) in [5, 5.41) is 0. The summed E-state index contributed by atoms with van der Waals surface area (Å²) in [4.78, 5) is 14.7. The third-order valence-corrected chi connectivity index (χ3v) is 4.77. The molecular weight excluding hydrogens is 337 g/mol. The molecule has 2 fully saturated rings. The molecule has 23 heavy (non-hydrogen) atoms. The Bertz CT molecular complexity index is 508. The summed E-state index contributed by atoms with van der Waals surface area (Å²) < 4.78 is 11.2. The van der Waals surface area contributed by atoms with Crippen LogP contribution in [0.3, 0.4) is 0 Å². The Labute approximate surface area is 148 Å².